The number of amides is 1. The molecule has 1 amide bonds. The van der Waals surface area contributed by atoms with Gasteiger partial charge >= 0.3 is 0 Å². The molecule has 0 unspecified atom stereocenters. The normalized spacial score (nSPS) is 15.7. The summed E-state index contributed by atoms with van der Waals surface area (Å²) in [7, 11) is 1.87. The van der Waals surface area contributed by atoms with Gasteiger partial charge in [0.05, 0.1) is 11.7 Å². The zero-order valence-electron chi connectivity index (χ0n) is 14.1. The third kappa shape index (κ3) is 2.91. The molecule has 0 radical (unpaired) electrons. The number of hydrogen-bond acceptors (Lipinski definition) is 4. The molecule has 0 aromatic carbocycles. The summed E-state index contributed by atoms with van der Waals surface area (Å²) in [5.41, 5.74) is 1.81. The highest BCUT2D eigenvalue weighted by atomic mass is 127. The van der Waals surface area contributed by atoms with Crippen LogP contribution in [0.25, 0.3) is 0 Å². The van der Waals surface area contributed by atoms with E-state index in [1.807, 2.05) is 41.2 Å². The van der Waals surface area contributed by atoms with Crippen molar-refractivity contribution in [1.29, 1.82) is 0 Å². The third-order valence-corrected chi connectivity index (χ3v) is 5.84. The Balaban J connectivity index is 1.93. The van der Waals surface area contributed by atoms with Crippen molar-refractivity contribution in [3.63, 3.8) is 0 Å². The van der Waals surface area contributed by atoms with Crippen molar-refractivity contribution in [3.8, 4) is 0 Å². The number of rotatable bonds is 3. The summed E-state index contributed by atoms with van der Waals surface area (Å²) in [5.74, 6) is -0.416. The van der Waals surface area contributed by atoms with Gasteiger partial charge in [-0.05, 0) is 26.7 Å². The van der Waals surface area contributed by atoms with Gasteiger partial charge in [-0.2, -0.15) is 0 Å². The van der Waals surface area contributed by atoms with E-state index in [9.17, 15) is 9.59 Å². The molecule has 2 heterocycles. The lowest BCUT2D eigenvalue weighted by Crippen LogP contribution is -2.29. The van der Waals surface area contributed by atoms with Crippen molar-refractivity contribution < 1.29 is 9.32 Å². The van der Waals surface area contributed by atoms with Crippen LogP contribution < -0.4 is 10.9 Å². The summed E-state index contributed by atoms with van der Waals surface area (Å²) in [6.07, 6.45) is 5.51. The zero-order chi connectivity index (χ0) is 17.4. The molecule has 2 aromatic rings. The van der Waals surface area contributed by atoms with Crippen LogP contribution in [-0.2, 0) is 7.05 Å². The maximum Gasteiger partial charge on any atom is 0.291 e. The van der Waals surface area contributed by atoms with Crippen molar-refractivity contribution in [2.45, 2.75) is 52.0 Å². The van der Waals surface area contributed by atoms with E-state index in [0.29, 0.717) is 15.0 Å². The van der Waals surface area contributed by atoms with Gasteiger partial charge in [-0.25, -0.2) is 4.68 Å². The first-order valence-corrected chi connectivity index (χ1v) is 9.21. The smallest absolute Gasteiger partial charge is 0.291 e. The fraction of sp³-hybridized carbons (Fsp3) is 0.562. The Kier molecular flexibility index (Phi) is 4.84. The second-order valence-electron chi connectivity index (χ2n) is 6.31. The van der Waals surface area contributed by atoms with E-state index in [4.69, 9.17) is 4.52 Å². The Morgan fingerprint density at radius 2 is 1.96 bits per heavy atom. The fourth-order valence-electron chi connectivity index (χ4n) is 3.31. The highest BCUT2D eigenvalue weighted by molar-refractivity contribution is 14.1. The monoisotopic (exact) mass is 444 g/mol. The number of halogens is 1. The quantitative estimate of drug-likeness (QED) is 0.738. The topological polar surface area (TPSA) is 82.1 Å². The van der Waals surface area contributed by atoms with Gasteiger partial charge in [0.25, 0.3) is 11.5 Å². The molecular formula is C16H21IN4O3. The van der Waals surface area contributed by atoms with Crippen molar-refractivity contribution in [2.24, 2.45) is 7.05 Å². The molecule has 24 heavy (non-hydrogen) atoms. The first kappa shape index (κ1) is 17.2. The molecule has 1 N–H and O–H groups in total. The van der Waals surface area contributed by atoms with Crippen LogP contribution in [0, 0.1) is 17.6 Å². The lowest BCUT2D eigenvalue weighted by molar-refractivity contribution is 0.101. The van der Waals surface area contributed by atoms with Gasteiger partial charge in [0.15, 0.2) is 9.46 Å². The van der Waals surface area contributed by atoms with E-state index in [2.05, 4.69) is 10.5 Å². The van der Waals surface area contributed by atoms with Crippen LogP contribution in [-0.4, -0.2) is 20.4 Å². The molecule has 0 atom stereocenters. The molecule has 0 bridgehead atoms. The minimum Gasteiger partial charge on any atom is -0.349 e. The zero-order valence-corrected chi connectivity index (χ0v) is 16.2. The van der Waals surface area contributed by atoms with Crippen molar-refractivity contribution in [3.05, 3.63) is 31.1 Å². The van der Waals surface area contributed by atoms with Gasteiger partial charge in [0.1, 0.15) is 5.69 Å². The summed E-state index contributed by atoms with van der Waals surface area (Å²) in [6.45, 7) is 3.61. The second kappa shape index (κ2) is 6.73. The molecule has 1 saturated carbocycles. The van der Waals surface area contributed by atoms with Gasteiger partial charge in [0, 0.05) is 35.2 Å². The molecule has 3 rings (SSSR count). The Bertz CT molecular complexity index is 827. The third-order valence-electron chi connectivity index (χ3n) is 4.83. The van der Waals surface area contributed by atoms with Crippen LogP contribution >= 0.6 is 22.6 Å². The lowest BCUT2D eigenvalue weighted by atomic mass is 9.96. The number of anilines is 1. The maximum absolute atomic E-state index is 12.8. The first-order valence-electron chi connectivity index (χ1n) is 8.13. The molecular weight excluding hydrogens is 423 g/mol. The number of nitrogens with one attached hydrogen (secondary N) is 1. The van der Waals surface area contributed by atoms with E-state index in [1.54, 1.807) is 11.6 Å². The Morgan fingerprint density at radius 3 is 2.54 bits per heavy atom. The highest BCUT2D eigenvalue weighted by Gasteiger charge is 2.25. The number of aromatic nitrogens is 3. The van der Waals surface area contributed by atoms with E-state index in [1.165, 1.54) is 6.42 Å². The molecule has 0 saturated heterocycles. The summed E-state index contributed by atoms with van der Waals surface area (Å²) >= 11 is 1.98. The minimum absolute atomic E-state index is 0.147. The van der Waals surface area contributed by atoms with Gasteiger partial charge in [0.2, 0.25) is 0 Å². The average Bonchev–Trinajstić information content (AvgIpc) is 3.01. The fourth-order valence-corrected chi connectivity index (χ4v) is 3.66. The maximum atomic E-state index is 12.8. The predicted molar refractivity (Wildman–Crippen MR) is 98.4 cm³/mol. The second-order valence-corrected chi connectivity index (χ2v) is 7.29. The summed E-state index contributed by atoms with van der Waals surface area (Å²) in [5, 5.41) is 6.51. The Hall–Kier alpha value is -1.58. The largest absolute Gasteiger partial charge is 0.349 e. The molecule has 2 aromatic heterocycles. The molecule has 1 fully saturated rings. The van der Waals surface area contributed by atoms with Crippen LogP contribution in [0.15, 0.2) is 9.32 Å². The summed E-state index contributed by atoms with van der Waals surface area (Å²) in [4.78, 5) is 25.3. The van der Waals surface area contributed by atoms with Gasteiger partial charge in [-0.1, -0.05) is 24.4 Å². The van der Waals surface area contributed by atoms with E-state index >= 15 is 0 Å². The lowest BCUT2D eigenvalue weighted by Gasteiger charge is -2.24. The molecule has 0 aliphatic heterocycles. The predicted octanol–water partition coefficient (Wildman–Crippen LogP) is 3.15. The van der Waals surface area contributed by atoms with Crippen LogP contribution in [0.4, 0.5) is 5.69 Å². The molecule has 8 heteroatoms. The molecule has 1 aliphatic rings. The Labute approximate surface area is 153 Å². The number of carbonyl (C=O) groups excluding carboxylic acids is 1. The van der Waals surface area contributed by atoms with Crippen LogP contribution in [0.1, 0.15) is 59.9 Å². The first-order chi connectivity index (χ1) is 11.4. The van der Waals surface area contributed by atoms with Crippen LogP contribution in [0.2, 0.25) is 0 Å². The minimum atomic E-state index is -0.416. The van der Waals surface area contributed by atoms with Crippen LogP contribution in [0.3, 0.4) is 0 Å². The van der Waals surface area contributed by atoms with Crippen molar-refractivity contribution >= 4 is 34.2 Å². The van der Waals surface area contributed by atoms with Crippen LogP contribution in [0.5, 0.6) is 0 Å². The number of nitrogens with zero attached hydrogens (tertiary/aromatic N) is 3. The van der Waals surface area contributed by atoms with Gasteiger partial charge < -0.3 is 9.84 Å². The summed E-state index contributed by atoms with van der Waals surface area (Å²) in [6, 6.07) is 0.204. The standard InChI is InChI=1S/C16H21IN4O3/c1-9-12(19-24-14(9)17)15(22)18-13-10(2)20(3)21(16(13)23)11-7-5-4-6-8-11/h11H,4-8H2,1-3H3,(H,18,22). The summed E-state index contributed by atoms with van der Waals surface area (Å²) < 4.78 is 9.23. The Morgan fingerprint density at radius 1 is 1.29 bits per heavy atom. The van der Waals surface area contributed by atoms with Crippen molar-refractivity contribution in [2.75, 3.05) is 5.32 Å². The van der Waals surface area contributed by atoms with E-state index in [0.717, 1.165) is 31.4 Å². The van der Waals surface area contributed by atoms with Gasteiger partial charge in [-0.15, -0.1) is 0 Å². The number of hydrogen-bond donors (Lipinski definition) is 1. The van der Waals surface area contributed by atoms with E-state index in [-0.39, 0.29) is 17.3 Å². The molecule has 1 aliphatic carbocycles. The SMILES string of the molecule is Cc1c(C(=O)Nc2c(C)n(C)n(C3CCCCC3)c2=O)noc1I. The number of carbonyl (C=O) groups is 1. The van der Waals surface area contributed by atoms with Gasteiger partial charge in [-0.3, -0.25) is 14.3 Å². The van der Waals surface area contributed by atoms with Crippen molar-refractivity contribution in [1.82, 2.24) is 14.5 Å². The molecule has 130 valence electrons. The highest BCUT2D eigenvalue weighted by Crippen LogP contribution is 2.28. The molecule has 7 nitrogen and oxygen atoms in total. The molecule has 0 spiro atoms. The van der Waals surface area contributed by atoms with E-state index < -0.39 is 5.91 Å². The average molecular weight is 444 g/mol.